The van der Waals surface area contributed by atoms with E-state index in [1.807, 2.05) is 0 Å². The molecule has 0 fully saturated rings. The van der Waals surface area contributed by atoms with Gasteiger partial charge in [-0.1, -0.05) is 44.9 Å². The Labute approximate surface area is 168 Å². The Balaban J connectivity index is 3.39. The molecule has 0 radical (unpaired) electrons. The Morgan fingerprint density at radius 2 is 1.50 bits per heavy atom. The third-order valence-electron chi connectivity index (χ3n) is 4.45. The SMILES string of the molecule is O=COCCNCCCCCCCCCCCC(=O)CN(CCO)CC(=O)O. The first kappa shape index (κ1) is 26.5. The van der Waals surface area contributed by atoms with Gasteiger partial charge in [-0.25, -0.2) is 0 Å². The Morgan fingerprint density at radius 1 is 0.893 bits per heavy atom. The zero-order valence-electron chi connectivity index (χ0n) is 17.1. The largest absolute Gasteiger partial charge is 0.480 e. The fraction of sp³-hybridized carbons (Fsp3) is 0.850. The standard InChI is InChI=1S/C20H38N2O6/c23-14-13-22(17-20(26)27)16-19(25)10-8-6-4-2-1-3-5-7-9-11-21-12-15-28-18-24/h18,21,23H,1-17H2,(H,26,27). The number of carboxylic acid groups (broad SMARTS) is 1. The third kappa shape index (κ3) is 19.3. The number of hydrogen-bond acceptors (Lipinski definition) is 7. The number of rotatable bonds is 22. The van der Waals surface area contributed by atoms with Gasteiger partial charge >= 0.3 is 5.97 Å². The predicted octanol–water partition coefficient (Wildman–Crippen LogP) is 1.60. The van der Waals surface area contributed by atoms with E-state index >= 15 is 0 Å². The van der Waals surface area contributed by atoms with Gasteiger partial charge in [0, 0.05) is 19.5 Å². The maximum absolute atomic E-state index is 11.9. The lowest BCUT2D eigenvalue weighted by Gasteiger charge is -2.17. The molecule has 0 aliphatic carbocycles. The van der Waals surface area contributed by atoms with Crippen LogP contribution >= 0.6 is 0 Å². The van der Waals surface area contributed by atoms with Gasteiger partial charge < -0.3 is 20.3 Å². The number of aliphatic hydroxyl groups excluding tert-OH is 1. The second-order valence-electron chi connectivity index (χ2n) is 7.02. The van der Waals surface area contributed by atoms with E-state index in [2.05, 4.69) is 10.1 Å². The second-order valence-corrected chi connectivity index (χ2v) is 7.02. The Kier molecular flexibility index (Phi) is 19.1. The molecular formula is C20H38N2O6. The number of unbranched alkanes of at least 4 members (excludes halogenated alkanes) is 8. The predicted molar refractivity (Wildman–Crippen MR) is 107 cm³/mol. The molecule has 0 aliphatic heterocycles. The van der Waals surface area contributed by atoms with Crippen molar-refractivity contribution in [1.82, 2.24) is 10.2 Å². The van der Waals surface area contributed by atoms with Crippen LogP contribution in [0.2, 0.25) is 0 Å². The van der Waals surface area contributed by atoms with Crippen LogP contribution in [0.3, 0.4) is 0 Å². The van der Waals surface area contributed by atoms with Crippen LogP contribution < -0.4 is 5.32 Å². The van der Waals surface area contributed by atoms with Crippen molar-refractivity contribution in [3.8, 4) is 0 Å². The van der Waals surface area contributed by atoms with Crippen molar-refractivity contribution >= 4 is 18.2 Å². The second kappa shape index (κ2) is 20.2. The summed E-state index contributed by atoms with van der Waals surface area (Å²) < 4.78 is 4.59. The van der Waals surface area contributed by atoms with Crippen molar-refractivity contribution in [1.29, 1.82) is 0 Å². The third-order valence-corrected chi connectivity index (χ3v) is 4.45. The van der Waals surface area contributed by atoms with Gasteiger partial charge in [-0.2, -0.15) is 0 Å². The van der Waals surface area contributed by atoms with Gasteiger partial charge in [0.05, 0.1) is 19.7 Å². The highest BCUT2D eigenvalue weighted by Crippen LogP contribution is 2.11. The molecule has 0 rings (SSSR count). The molecule has 0 spiro atoms. The van der Waals surface area contributed by atoms with Crippen LogP contribution in [0.1, 0.15) is 64.2 Å². The molecule has 0 saturated carbocycles. The van der Waals surface area contributed by atoms with Crippen LogP contribution in [0.4, 0.5) is 0 Å². The number of aliphatic hydroxyl groups is 1. The number of nitrogens with one attached hydrogen (secondary N) is 1. The molecule has 0 aromatic rings. The molecule has 0 amide bonds. The zero-order valence-corrected chi connectivity index (χ0v) is 17.1. The lowest BCUT2D eigenvalue weighted by Crippen LogP contribution is -2.36. The van der Waals surface area contributed by atoms with E-state index in [9.17, 15) is 14.4 Å². The topological polar surface area (TPSA) is 116 Å². The number of nitrogens with zero attached hydrogens (tertiary/aromatic N) is 1. The molecule has 164 valence electrons. The van der Waals surface area contributed by atoms with E-state index in [-0.39, 0.29) is 32.0 Å². The van der Waals surface area contributed by atoms with Crippen molar-refractivity contribution < 1.29 is 29.3 Å². The summed E-state index contributed by atoms with van der Waals surface area (Å²) in [5.41, 5.74) is 0. The van der Waals surface area contributed by atoms with Gasteiger partial charge in [0.1, 0.15) is 12.4 Å². The number of carboxylic acids is 1. The number of aliphatic carboxylic acids is 1. The van der Waals surface area contributed by atoms with Crippen LogP contribution in [0, 0.1) is 0 Å². The minimum Gasteiger partial charge on any atom is -0.480 e. The summed E-state index contributed by atoms with van der Waals surface area (Å²) in [6.07, 6.45) is 10.7. The molecule has 0 aromatic heterocycles. The van der Waals surface area contributed by atoms with Crippen molar-refractivity contribution in [3.63, 3.8) is 0 Å². The first-order chi connectivity index (χ1) is 13.6. The summed E-state index contributed by atoms with van der Waals surface area (Å²) in [4.78, 5) is 34.0. The molecule has 0 aliphatic rings. The number of Topliss-reactive ketones (excluding diaryl/α,β-unsaturated/α-hetero) is 1. The van der Waals surface area contributed by atoms with E-state index in [1.165, 1.54) is 37.0 Å². The van der Waals surface area contributed by atoms with Crippen LogP contribution in [0.15, 0.2) is 0 Å². The fourth-order valence-electron chi connectivity index (χ4n) is 2.99. The molecular weight excluding hydrogens is 364 g/mol. The van der Waals surface area contributed by atoms with Gasteiger partial charge in [-0.3, -0.25) is 19.3 Å². The number of ether oxygens (including phenoxy) is 1. The maximum Gasteiger partial charge on any atom is 0.317 e. The highest BCUT2D eigenvalue weighted by molar-refractivity contribution is 5.81. The highest BCUT2D eigenvalue weighted by atomic mass is 16.5. The molecule has 0 saturated heterocycles. The Morgan fingerprint density at radius 3 is 2.07 bits per heavy atom. The van der Waals surface area contributed by atoms with E-state index in [0.29, 0.717) is 26.0 Å². The number of hydrogen-bond donors (Lipinski definition) is 3. The van der Waals surface area contributed by atoms with E-state index in [4.69, 9.17) is 10.2 Å². The van der Waals surface area contributed by atoms with Crippen molar-refractivity contribution in [3.05, 3.63) is 0 Å². The summed E-state index contributed by atoms with van der Waals surface area (Å²) in [5, 5.41) is 20.9. The lowest BCUT2D eigenvalue weighted by atomic mass is 10.1. The number of carbonyl (C=O) groups is 3. The Bertz CT molecular complexity index is 406. The van der Waals surface area contributed by atoms with Crippen molar-refractivity contribution in [2.24, 2.45) is 0 Å². The summed E-state index contributed by atoms with van der Waals surface area (Å²) >= 11 is 0. The normalized spacial score (nSPS) is 10.9. The van der Waals surface area contributed by atoms with Gasteiger partial charge in [0.15, 0.2) is 0 Å². The molecule has 0 aromatic carbocycles. The molecule has 0 unspecified atom stereocenters. The number of carbonyl (C=O) groups excluding carboxylic acids is 2. The quantitative estimate of drug-likeness (QED) is 0.185. The molecule has 8 heteroatoms. The van der Waals surface area contributed by atoms with E-state index in [1.54, 1.807) is 0 Å². The monoisotopic (exact) mass is 402 g/mol. The molecule has 0 bridgehead atoms. The van der Waals surface area contributed by atoms with Crippen molar-refractivity contribution in [2.75, 3.05) is 45.9 Å². The van der Waals surface area contributed by atoms with Crippen LogP contribution in [0.5, 0.6) is 0 Å². The molecule has 28 heavy (non-hydrogen) atoms. The first-order valence-corrected chi connectivity index (χ1v) is 10.4. The highest BCUT2D eigenvalue weighted by Gasteiger charge is 2.13. The van der Waals surface area contributed by atoms with Crippen LogP contribution in [0.25, 0.3) is 0 Å². The lowest BCUT2D eigenvalue weighted by molar-refractivity contribution is -0.138. The fourth-order valence-corrected chi connectivity index (χ4v) is 2.99. The average Bonchev–Trinajstić information content (AvgIpc) is 2.64. The molecule has 3 N–H and O–H groups in total. The van der Waals surface area contributed by atoms with Gasteiger partial charge in [-0.15, -0.1) is 0 Å². The minimum absolute atomic E-state index is 0.0426. The van der Waals surface area contributed by atoms with Gasteiger partial charge in [0.2, 0.25) is 0 Å². The summed E-state index contributed by atoms with van der Waals surface area (Å²) in [6.45, 7) is 2.52. The van der Waals surface area contributed by atoms with Gasteiger partial charge in [-0.05, 0) is 19.4 Å². The molecule has 0 heterocycles. The van der Waals surface area contributed by atoms with Crippen molar-refractivity contribution in [2.45, 2.75) is 64.2 Å². The zero-order chi connectivity index (χ0) is 20.9. The van der Waals surface area contributed by atoms with Gasteiger partial charge in [0.25, 0.3) is 6.47 Å². The average molecular weight is 403 g/mol. The smallest absolute Gasteiger partial charge is 0.317 e. The van der Waals surface area contributed by atoms with Crippen LogP contribution in [-0.4, -0.2) is 79.3 Å². The molecule has 0 atom stereocenters. The summed E-state index contributed by atoms with van der Waals surface area (Å²) in [7, 11) is 0. The number of ketones is 1. The summed E-state index contributed by atoms with van der Waals surface area (Å²) in [6, 6.07) is 0. The van der Waals surface area contributed by atoms with Crippen LogP contribution in [-0.2, 0) is 19.1 Å². The van der Waals surface area contributed by atoms with E-state index in [0.717, 1.165) is 32.2 Å². The van der Waals surface area contributed by atoms with E-state index < -0.39 is 5.97 Å². The Hall–Kier alpha value is -1.51. The maximum atomic E-state index is 11.9. The first-order valence-electron chi connectivity index (χ1n) is 10.4. The molecule has 8 nitrogen and oxygen atoms in total. The summed E-state index contributed by atoms with van der Waals surface area (Å²) in [5.74, 6) is -0.942. The minimum atomic E-state index is -0.985.